The molecule has 2 aliphatic rings. The van der Waals surface area contributed by atoms with Crippen molar-refractivity contribution < 1.29 is 47.8 Å². The quantitative estimate of drug-likeness (QED) is 0.0550. The number of benzene rings is 1. The molecule has 0 aromatic heterocycles. The number of ether oxygens (including phenoxy) is 2. The van der Waals surface area contributed by atoms with E-state index >= 15 is 0 Å². The second-order valence-electron chi connectivity index (χ2n) is 21.3. The lowest BCUT2D eigenvalue weighted by atomic mass is 9.83. The van der Waals surface area contributed by atoms with Crippen molar-refractivity contribution in [3.8, 4) is 0 Å². The molecule has 0 radical (unpaired) electrons. The monoisotopic (exact) mass is 994 g/mol. The summed E-state index contributed by atoms with van der Waals surface area (Å²) >= 11 is 0. The van der Waals surface area contributed by atoms with Crippen molar-refractivity contribution in [2.24, 2.45) is 35.5 Å². The first-order chi connectivity index (χ1) is 33.7. The predicted octanol–water partition coefficient (Wildman–Crippen LogP) is 7.11. The lowest BCUT2D eigenvalue weighted by Gasteiger charge is -2.41. The number of methoxy groups -OCH3 is 2. The van der Waals surface area contributed by atoms with Crippen molar-refractivity contribution in [3.05, 3.63) is 35.9 Å². The molecule has 2 aliphatic heterocycles. The third-order valence-electron chi connectivity index (χ3n) is 15.3. The summed E-state index contributed by atoms with van der Waals surface area (Å²) in [5.74, 6) is -2.33. The van der Waals surface area contributed by atoms with Gasteiger partial charge in [-0.25, -0.2) is 0 Å². The highest BCUT2D eigenvalue weighted by molar-refractivity contribution is 6.03. The number of carbonyl (C=O) groups excluding carboxylic acids is 8. The predicted molar refractivity (Wildman–Crippen MR) is 276 cm³/mol. The Morgan fingerprint density at radius 1 is 0.817 bits per heavy atom. The van der Waals surface area contributed by atoms with Crippen LogP contribution in [0.4, 0.5) is 0 Å². The minimum Gasteiger partial charge on any atom is -0.379 e. The molecule has 0 aliphatic carbocycles. The summed E-state index contributed by atoms with van der Waals surface area (Å²) in [6.45, 7) is 17.0. The van der Waals surface area contributed by atoms with E-state index in [0.717, 1.165) is 32.1 Å². The number of imide groups is 1. The number of unbranched alkanes of at least 4 members (excludes halogenated alkanes) is 2. The SMILES string of the molecule is CC[C@H](C)[C@@H]([C@@H](CC(=O)N1CCC[C@H]1[C@H](OC)[C@@H](C)C(=O)CCCc1ccccc1)OC)N(C)C(=O)[C@@H](CC(=O)[C@H](C(C)C)N(C)CCCC(=O)CNC(=O)CCCCCN1C(=O)CC(C)C1=O)C(C)C. The van der Waals surface area contributed by atoms with Crippen molar-refractivity contribution in [2.75, 3.05) is 54.5 Å². The lowest BCUT2D eigenvalue weighted by molar-refractivity contribution is -0.149. The van der Waals surface area contributed by atoms with Gasteiger partial charge in [-0.2, -0.15) is 0 Å². The van der Waals surface area contributed by atoms with Crippen LogP contribution in [0.2, 0.25) is 0 Å². The second kappa shape index (κ2) is 30.6. The van der Waals surface area contributed by atoms with Gasteiger partial charge in [0.25, 0.3) is 0 Å². The largest absolute Gasteiger partial charge is 0.379 e. The number of hydrogen-bond acceptors (Lipinski definition) is 11. The van der Waals surface area contributed by atoms with Gasteiger partial charge in [0.15, 0.2) is 11.6 Å². The van der Waals surface area contributed by atoms with Gasteiger partial charge in [0.1, 0.15) is 5.78 Å². The summed E-state index contributed by atoms with van der Waals surface area (Å²) in [5.41, 5.74) is 1.20. The van der Waals surface area contributed by atoms with E-state index in [1.54, 1.807) is 33.1 Å². The second-order valence-corrected chi connectivity index (χ2v) is 21.3. The zero-order valence-electron chi connectivity index (χ0n) is 45.5. The summed E-state index contributed by atoms with van der Waals surface area (Å²) in [7, 11) is 6.82. The van der Waals surface area contributed by atoms with E-state index in [2.05, 4.69) is 31.3 Å². The van der Waals surface area contributed by atoms with Crippen LogP contribution in [0.25, 0.3) is 0 Å². The number of Topliss-reactive ketones (excluding diaryl/α,β-unsaturated/α-hetero) is 3. The Balaban J connectivity index is 1.56. The fraction of sp³-hybridized carbons (Fsp3) is 0.750. The van der Waals surface area contributed by atoms with Crippen LogP contribution in [0.15, 0.2) is 30.3 Å². The van der Waals surface area contributed by atoms with Crippen molar-refractivity contribution in [1.29, 1.82) is 0 Å². The average molecular weight is 994 g/mol. The van der Waals surface area contributed by atoms with Gasteiger partial charge in [-0.1, -0.05) is 98.6 Å². The van der Waals surface area contributed by atoms with Crippen LogP contribution >= 0.6 is 0 Å². The molecule has 2 saturated heterocycles. The van der Waals surface area contributed by atoms with Crippen LogP contribution in [0, 0.1) is 35.5 Å². The Morgan fingerprint density at radius 2 is 1.51 bits per heavy atom. The molecule has 15 nitrogen and oxygen atoms in total. The summed E-state index contributed by atoms with van der Waals surface area (Å²) in [6, 6.07) is 8.92. The molecule has 0 spiro atoms. The third kappa shape index (κ3) is 18.3. The highest BCUT2D eigenvalue weighted by Crippen LogP contribution is 2.32. The molecule has 400 valence electrons. The zero-order valence-corrected chi connectivity index (χ0v) is 45.5. The van der Waals surface area contributed by atoms with E-state index in [9.17, 15) is 38.4 Å². The molecular weight excluding hydrogens is 903 g/mol. The molecule has 1 aromatic rings. The lowest BCUT2D eigenvalue weighted by Crippen LogP contribution is -2.54. The summed E-state index contributed by atoms with van der Waals surface area (Å²) in [5, 5.41) is 2.71. The van der Waals surface area contributed by atoms with E-state index in [4.69, 9.17) is 9.47 Å². The van der Waals surface area contributed by atoms with E-state index in [-0.39, 0.29) is 115 Å². The Morgan fingerprint density at radius 3 is 2.10 bits per heavy atom. The topological polar surface area (TPSA) is 180 Å². The molecule has 71 heavy (non-hydrogen) atoms. The minimum absolute atomic E-state index is 0.0351. The van der Waals surface area contributed by atoms with Crippen LogP contribution in [0.1, 0.15) is 151 Å². The number of amides is 5. The van der Waals surface area contributed by atoms with Gasteiger partial charge in [-0.05, 0) is 81.9 Å². The fourth-order valence-corrected chi connectivity index (χ4v) is 10.9. The highest BCUT2D eigenvalue weighted by Gasteiger charge is 2.43. The van der Waals surface area contributed by atoms with E-state index in [1.165, 1.54) is 10.5 Å². The summed E-state index contributed by atoms with van der Waals surface area (Å²) < 4.78 is 12.1. The Labute approximate surface area is 426 Å². The number of ketones is 3. The first-order valence-electron chi connectivity index (χ1n) is 26.7. The fourth-order valence-electron chi connectivity index (χ4n) is 10.9. The number of nitrogens with zero attached hydrogens (tertiary/aromatic N) is 4. The van der Waals surface area contributed by atoms with Crippen LogP contribution in [0.5, 0.6) is 0 Å². The Hall–Kier alpha value is -4.34. The molecule has 2 heterocycles. The maximum atomic E-state index is 14.7. The zero-order chi connectivity index (χ0) is 52.9. The number of nitrogens with one attached hydrogen (secondary N) is 1. The summed E-state index contributed by atoms with van der Waals surface area (Å²) in [6.07, 6.45) is 6.40. The minimum atomic E-state index is -0.624. The number of carbonyl (C=O) groups is 8. The van der Waals surface area contributed by atoms with Crippen LogP contribution in [0.3, 0.4) is 0 Å². The van der Waals surface area contributed by atoms with Crippen molar-refractivity contribution in [3.63, 3.8) is 0 Å². The molecule has 9 atom stereocenters. The van der Waals surface area contributed by atoms with E-state index in [1.807, 2.05) is 69.7 Å². The van der Waals surface area contributed by atoms with Gasteiger partial charge >= 0.3 is 0 Å². The molecular formula is C56H91N5O10. The molecule has 1 unspecified atom stereocenters. The number of likely N-dealkylation sites (tertiary alicyclic amines) is 2. The Kier molecular flexibility index (Phi) is 26.3. The molecule has 5 amide bonds. The van der Waals surface area contributed by atoms with Crippen LogP contribution < -0.4 is 5.32 Å². The molecule has 15 heteroatoms. The maximum Gasteiger partial charge on any atom is 0.232 e. The molecule has 1 aromatic carbocycles. The van der Waals surface area contributed by atoms with Crippen molar-refractivity contribution >= 4 is 46.9 Å². The summed E-state index contributed by atoms with van der Waals surface area (Å²) in [4.78, 5) is 113. The standard InChI is InChI=1S/C56H91N5O10/c1-13-39(6)53(48(70-11)35-51(67)60-32-22-27-45(60)54(71-12)41(8)46(63)28-20-25-42-23-16-14-17-24-42)59(10)56(69)44(37(2)3)34-47(64)52(38(4)5)58(9)30-21-26-43(62)36-57-49(65)29-18-15-19-31-61-50(66)33-40(7)55(61)68/h14,16-17,23-24,37-41,44-45,48,52-54H,13,15,18-22,25-36H2,1-12H3,(H,57,65)/t39-,40?,41-,44-,45-,48+,52-,53-,54+/m0/s1. The normalized spacial score (nSPS) is 19.2. The van der Waals surface area contributed by atoms with Crippen molar-refractivity contribution in [2.45, 2.75) is 182 Å². The molecule has 0 bridgehead atoms. The van der Waals surface area contributed by atoms with Gasteiger partial charge in [0.2, 0.25) is 29.5 Å². The average Bonchev–Trinajstić information content (AvgIpc) is 3.91. The first kappa shape index (κ1) is 61.0. The first-order valence-corrected chi connectivity index (χ1v) is 26.7. The highest BCUT2D eigenvalue weighted by atomic mass is 16.5. The number of aryl methyl sites for hydroxylation is 1. The van der Waals surface area contributed by atoms with Gasteiger partial charge < -0.3 is 24.6 Å². The Bertz CT molecular complexity index is 1890. The molecule has 3 rings (SSSR count). The smallest absolute Gasteiger partial charge is 0.232 e. The maximum absolute atomic E-state index is 14.7. The van der Waals surface area contributed by atoms with E-state index < -0.39 is 36.1 Å². The molecule has 1 N–H and O–H groups in total. The van der Waals surface area contributed by atoms with Gasteiger partial charge in [0, 0.05) is 84.2 Å². The number of likely N-dealkylation sites (N-methyl/N-ethyl adjacent to an activating group) is 2. The van der Waals surface area contributed by atoms with Gasteiger partial charge in [-0.15, -0.1) is 0 Å². The number of rotatable bonds is 34. The van der Waals surface area contributed by atoms with Gasteiger partial charge in [0.05, 0.1) is 43.3 Å². The van der Waals surface area contributed by atoms with Gasteiger partial charge in [-0.3, -0.25) is 48.2 Å². The molecule has 2 fully saturated rings. The number of hydrogen-bond donors (Lipinski definition) is 1. The van der Waals surface area contributed by atoms with E-state index in [0.29, 0.717) is 51.7 Å². The van der Waals surface area contributed by atoms with Crippen LogP contribution in [-0.4, -0.2) is 151 Å². The third-order valence-corrected chi connectivity index (χ3v) is 15.3. The molecule has 0 saturated carbocycles. The van der Waals surface area contributed by atoms with Crippen LogP contribution in [-0.2, 0) is 54.3 Å². The van der Waals surface area contributed by atoms with Crippen molar-refractivity contribution in [1.82, 2.24) is 24.9 Å².